The number of nitrogens with zero attached hydrogens (tertiary/aromatic N) is 2. The van der Waals surface area contributed by atoms with Crippen LogP contribution in [0.5, 0.6) is 0 Å². The van der Waals surface area contributed by atoms with E-state index in [0.29, 0.717) is 12.1 Å². The number of aromatic nitrogens is 2. The molecule has 0 atom stereocenters. The molecule has 0 aliphatic carbocycles. The molecule has 2 aromatic rings. The highest BCUT2D eigenvalue weighted by molar-refractivity contribution is 7.93. The topological polar surface area (TPSA) is 84.0 Å². The van der Waals surface area contributed by atoms with Crippen molar-refractivity contribution in [2.45, 2.75) is 25.3 Å². The zero-order valence-corrected chi connectivity index (χ0v) is 12.9. The van der Waals surface area contributed by atoms with Gasteiger partial charge in [-0.1, -0.05) is 30.4 Å². The molecule has 0 radical (unpaired) electrons. The number of hydrogen-bond donors (Lipinski definition) is 2. The Balaban J connectivity index is 2.30. The number of nitrogens with one attached hydrogen (secondary N) is 2. The zero-order valence-electron chi connectivity index (χ0n) is 11.3. The molecule has 8 heteroatoms. The minimum atomic E-state index is -3.63. The highest BCUT2D eigenvalue weighted by Gasteiger charge is 2.18. The maximum absolute atomic E-state index is 12.4. The lowest BCUT2D eigenvalue weighted by Crippen LogP contribution is -2.16. The predicted molar refractivity (Wildman–Crippen MR) is 79.3 cm³/mol. The second-order valence-corrected chi connectivity index (χ2v) is 6.71. The van der Waals surface area contributed by atoms with E-state index in [1.165, 1.54) is 5.51 Å². The molecule has 108 valence electrons. The fraction of sp³-hybridized carbons (Fsp3) is 0.333. The summed E-state index contributed by atoms with van der Waals surface area (Å²) in [6, 6.07) is 5.41. The molecular formula is C12H16N4O2S2. The van der Waals surface area contributed by atoms with Crippen LogP contribution >= 0.6 is 11.3 Å². The lowest BCUT2D eigenvalue weighted by Gasteiger charge is -2.10. The summed E-state index contributed by atoms with van der Waals surface area (Å²) in [7, 11) is -3.63. The van der Waals surface area contributed by atoms with Crippen molar-refractivity contribution in [3.8, 4) is 0 Å². The number of rotatable bonds is 6. The first-order chi connectivity index (χ1) is 9.53. The Hall–Kier alpha value is -1.51. The molecule has 0 saturated heterocycles. The van der Waals surface area contributed by atoms with Gasteiger partial charge in [0.25, 0.3) is 10.0 Å². The molecule has 0 unspecified atom stereocenters. The van der Waals surface area contributed by atoms with Crippen LogP contribution in [0.15, 0.2) is 28.6 Å². The summed E-state index contributed by atoms with van der Waals surface area (Å²) in [5, 5.41) is 10.7. The van der Waals surface area contributed by atoms with Crippen LogP contribution in [0.2, 0.25) is 0 Å². The van der Waals surface area contributed by atoms with Crippen molar-refractivity contribution >= 4 is 26.5 Å². The van der Waals surface area contributed by atoms with Gasteiger partial charge < -0.3 is 5.32 Å². The lowest BCUT2D eigenvalue weighted by molar-refractivity contribution is 0.600. The Kier molecular flexibility index (Phi) is 4.69. The molecule has 20 heavy (non-hydrogen) atoms. The summed E-state index contributed by atoms with van der Waals surface area (Å²) in [5.74, 6) is 0. The minimum absolute atomic E-state index is 0.265. The van der Waals surface area contributed by atoms with Crippen LogP contribution in [-0.2, 0) is 16.6 Å². The Bertz CT molecular complexity index is 669. The van der Waals surface area contributed by atoms with Gasteiger partial charge in [-0.2, -0.15) is 0 Å². The van der Waals surface area contributed by atoms with Crippen molar-refractivity contribution in [3.63, 3.8) is 0 Å². The molecule has 0 bridgehead atoms. The fourth-order valence-electron chi connectivity index (χ4n) is 1.70. The van der Waals surface area contributed by atoms with Crippen LogP contribution in [0.3, 0.4) is 0 Å². The molecule has 1 heterocycles. The van der Waals surface area contributed by atoms with Crippen LogP contribution < -0.4 is 10.0 Å². The molecule has 0 aliphatic heterocycles. The van der Waals surface area contributed by atoms with E-state index in [1.54, 1.807) is 19.1 Å². The third-order valence-electron chi connectivity index (χ3n) is 2.70. The van der Waals surface area contributed by atoms with Crippen molar-refractivity contribution in [2.75, 3.05) is 11.3 Å². The molecule has 1 aromatic heterocycles. The van der Waals surface area contributed by atoms with Crippen molar-refractivity contribution in [1.29, 1.82) is 0 Å². The quantitative estimate of drug-likeness (QED) is 0.849. The molecule has 0 saturated carbocycles. The van der Waals surface area contributed by atoms with Crippen LogP contribution in [0, 0.1) is 6.92 Å². The number of aryl methyl sites for hydroxylation is 1. The number of hydrogen-bond acceptors (Lipinski definition) is 6. The van der Waals surface area contributed by atoms with Crippen molar-refractivity contribution in [2.24, 2.45) is 0 Å². The van der Waals surface area contributed by atoms with E-state index in [0.717, 1.165) is 23.4 Å². The first kappa shape index (κ1) is 14.9. The standard InChI is InChI=1S/C12H16N4O2S2/c1-3-13-7-10-5-4-9(2)11(6-10)20(17,18)16-12-15-14-8-19-12/h4-6,8,13H,3,7H2,1-2H3,(H,15,16). The first-order valence-electron chi connectivity index (χ1n) is 6.12. The fourth-order valence-corrected chi connectivity index (χ4v) is 3.69. The average Bonchev–Trinajstić information content (AvgIpc) is 2.89. The Morgan fingerprint density at radius 1 is 1.35 bits per heavy atom. The van der Waals surface area contributed by atoms with Gasteiger partial charge in [0, 0.05) is 6.54 Å². The van der Waals surface area contributed by atoms with Crippen LogP contribution in [-0.4, -0.2) is 25.2 Å². The molecule has 2 rings (SSSR count). The summed E-state index contributed by atoms with van der Waals surface area (Å²) < 4.78 is 27.1. The maximum Gasteiger partial charge on any atom is 0.263 e. The molecule has 6 nitrogen and oxygen atoms in total. The van der Waals surface area contributed by atoms with Gasteiger partial charge >= 0.3 is 0 Å². The van der Waals surface area contributed by atoms with Gasteiger partial charge in [-0.05, 0) is 30.7 Å². The zero-order chi connectivity index (χ0) is 14.6. The van der Waals surface area contributed by atoms with Gasteiger partial charge in [0.2, 0.25) is 5.13 Å². The monoisotopic (exact) mass is 312 g/mol. The summed E-state index contributed by atoms with van der Waals surface area (Å²) >= 11 is 1.14. The Labute approximate surface area is 122 Å². The predicted octanol–water partition coefficient (Wildman–Crippen LogP) is 1.76. The highest BCUT2D eigenvalue weighted by Crippen LogP contribution is 2.21. The second kappa shape index (κ2) is 6.29. The van der Waals surface area contributed by atoms with Gasteiger partial charge in [0.1, 0.15) is 5.51 Å². The van der Waals surface area contributed by atoms with Crippen LogP contribution in [0.4, 0.5) is 5.13 Å². The van der Waals surface area contributed by atoms with Crippen molar-refractivity contribution < 1.29 is 8.42 Å². The van der Waals surface area contributed by atoms with E-state index < -0.39 is 10.0 Å². The average molecular weight is 312 g/mol. The Morgan fingerprint density at radius 3 is 2.80 bits per heavy atom. The smallest absolute Gasteiger partial charge is 0.263 e. The molecule has 0 aliphatic rings. The highest BCUT2D eigenvalue weighted by atomic mass is 32.2. The first-order valence-corrected chi connectivity index (χ1v) is 8.48. The van der Waals surface area contributed by atoms with Crippen molar-refractivity contribution in [3.05, 3.63) is 34.8 Å². The molecular weight excluding hydrogens is 296 g/mol. The summed E-state index contributed by atoms with van der Waals surface area (Å²) in [4.78, 5) is 0.267. The van der Waals surface area contributed by atoms with Gasteiger partial charge in [-0.15, -0.1) is 10.2 Å². The summed E-state index contributed by atoms with van der Waals surface area (Å²) in [5.41, 5.74) is 3.10. The SMILES string of the molecule is CCNCc1ccc(C)c(S(=O)(=O)Nc2nncs2)c1. The van der Waals surface area contributed by atoms with E-state index in [-0.39, 0.29) is 10.0 Å². The van der Waals surface area contributed by atoms with Crippen LogP contribution in [0.1, 0.15) is 18.1 Å². The summed E-state index contributed by atoms with van der Waals surface area (Å²) in [6.45, 7) is 5.24. The van der Waals surface area contributed by atoms with Crippen molar-refractivity contribution in [1.82, 2.24) is 15.5 Å². The molecule has 2 N–H and O–H groups in total. The Morgan fingerprint density at radius 2 is 2.15 bits per heavy atom. The third-order valence-corrected chi connectivity index (χ3v) is 4.92. The van der Waals surface area contributed by atoms with Gasteiger partial charge in [-0.3, -0.25) is 4.72 Å². The molecule has 1 aromatic carbocycles. The molecule has 0 spiro atoms. The van der Waals surface area contributed by atoms with E-state index in [2.05, 4.69) is 20.2 Å². The van der Waals surface area contributed by atoms with Gasteiger partial charge in [0.05, 0.1) is 4.90 Å². The van der Waals surface area contributed by atoms with E-state index in [4.69, 9.17) is 0 Å². The van der Waals surface area contributed by atoms with Gasteiger partial charge in [-0.25, -0.2) is 8.42 Å². The normalized spacial score (nSPS) is 11.5. The molecule has 0 fully saturated rings. The van der Waals surface area contributed by atoms with E-state index in [1.807, 2.05) is 13.0 Å². The molecule has 0 amide bonds. The second-order valence-electron chi connectivity index (χ2n) is 4.23. The number of anilines is 1. The van der Waals surface area contributed by atoms with E-state index >= 15 is 0 Å². The number of benzene rings is 1. The van der Waals surface area contributed by atoms with E-state index in [9.17, 15) is 8.42 Å². The summed E-state index contributed by atoms with van der Waals surface area (Å²) in [6.07, 6.45) is 0. The largest absolute Gasteiger partial charge is 0.313 e. The van der Waals surface area contributed by atoms with Crippen LogP contribution in [0.25, 0.3) is 0 Å². The lowest BCUT2D eigenvalue weighted by atomic mass is 10.1. The number of sulfonamides is 1. The third kappa shape index (κ3) is 3.53. The van der Waals surface area contributed by atoms with Gasteiger partial charge in [0.15, 0.2) is 0 Å². The maximum atomic E-state index is 12.4. The minimum Gasteiger partial charge on any atom is -0.313 e.